The van der Waals surface area contributed by atoms with E-state index in [1.165, 1.54) is 7.11 Å². The summed E-state index contributed by atoms with van der Waals surface area (Å²) in [7, 11) is 3.28. The minimum absolute atomic E-state index is 0.0144. The maximum Gasteiger partial charge on any atom is 0.345 e. The number of carbonyl (C=O) groups excluding carboxylic acids is 1. The number of nitrogens with zero attached hydrogens (tertiary/aromatic N) is 2. The molecule has 0 bridgehead atoms. The molecule has 100 valence electrons. The summed E-state index contributed by atoms with van der Waals surface area (Å²) in [6.07, 6.45) is 2.06. The van der Waals surface area contributed by atoms with Gasteiger partial charge in [0.05, 0.1) is 12.8 Å². The molecular formula is C12H18N2O3S. The van der Waals surface area contributed by atoms with Crippen molar-refractivity contribution in [3.8, 4) is 5.88 Å². The number of methoxy groups -OCH3 is 1. The molecule has 1 aliphatic rings. The second-order valence-corrected chi connectivity index (χ2v) is 5.49. The molecule has 0 amide bonds. The SMILES string of the molecule is COc1c(C(=O)OC2CCCSC2)c(C)nn1C. The van der Waals surface area contributed by atoms with E-state index in [0.29, 0.717) is 17.1 Å². The van der Waals surface area contributed by atoms with Gasteiger partial charge in [-0.3, -0.25) is 0 Å². The Morgan fingerprint density at radius 2 is 2.33 bits per heavy atom. The molecule has 6 heteroatoms. The molecular weight excluding hydrogens is 252 g/mol. The first-order chi connectivity index (χ1) is 8.63. The van der Waals surface area contributed by atoms with Crippen LogP contribution in [0, 0.1) is 6.92 Å². The van der Waals surface area contributed by atoms with E-state index in [9.17, 15) is 4.79 Å². The molecule has 18 heavy (non-hydrogen) atoms. The first-order valence-electron chi connectivity index (χ1n) is 5.99. The average molecular weight is 270 g/mol. The molecule has 1 fully saturated rings. The first kappa shape index (κ1) is 13.3. The lowest BCUT2D eigenvalue weighted by Gasteiger charge is -2.21. The molecule has 1 saturated heterocycles. The van der Waals surface area contributed by atoms with E-state index in [0.717, 1.165) is 24.3 Å². The van der Waals surface area contributed by atoms with Gasteiger partial charge in [-0.2, -0.15) is 16.9 Å². The molecule has 5 nitrogen and oxygen atoms in total. The van der Waals surface area contributed by atoms with Crippen molar-refractivity contribution in [1.29, 1.82) is 0 Å². The summed E-state index contributed by atoms with van der Waals surface area (Å²) in [6, 6.07) is 0. The van der Waals surface area contributed by atoms with Gasteiger partial charge in [-0.05, 0) is 25.5 Å². The van der Waals surface area contributed by atoms with E-state index in [1.807, 2.05) is 11.8 Å². The zero-order valence-corrected chi connectivity index (χ0v) is 11.7. The van der Waals surface area contributed by atoms with Crippen LogP contribution in [0.5, 0.6) is 5.88 Å². The fourth-order valence-corrected chi connectivity index (χ4v) is 3.16. The van der Waals surface area contributed by atoms with Gasteiger partial charge in [0.2, 0.25) is 5.88 Å². The molecule has 1 unspecified atom stereocenters. The lowest BCUT2D eigenvalue weighted by molar-refractivity contribution is 0.0323. The zero-order chi connectivity index (χ0) is 13.1. The van der Waals surface area contributed by atoms with Crippen LogP contribution in [-0.4, -0.2) is 40.5 Å². The Morgan fingerprint density at radius 3 is 2.94 bits per heavy atom. The molecule has 0 aromatic carbocycles. The number of aromatic nitrogens is 2. The summed E-state index contributed by atoms with van der Waals surface area (Å²) < 4.78 is 12.3. The summed E-state index contributed by atoms with van der Waals surface area (Å²) in [4.78, 5) is 12.2. The predicted molar refractivity (Wildman–Crippen MR) is 70.3 cm³/mol. The Bertz CT molecular complexity index is 439. The van der Waals surface area contributed by atoms with Gasteiger partial charge in [0.25, 0.3) is 0 Å². The van der Waals surface area contributed by atoms with Crippen molar-refractivity contribution in [2.45, 2.75) is 25.9 Å². The van der Waals surface area contributed by atoms with Crippen molar-refractivity contribution in [2.75, 3.05) is 18.6 Å². The van der Waals surface area contributed by atoms with Crippen LogP contribution in [0.15, 0.2) is 0 Å². The molecule has 1 aromatic heterocycles. The molecule has 1 aliphatic heterocycles. The number of thioether (sulfide) groups is 1. The highest BCUT2D eigenvalue weighted by atomic mass is 32.2. The average Bonchev–Trinajstić information content (AvgIpc) is 2.64. The maximum absolute atomic E-state index is 12.2. The Morgan fingerprint density at radius 1 is 1.56 bits per heavy atom. The highest BCUT2D eigenvalue weighted by Crippen LogP contribution is 2.25. The number of ether oxygens (including phenoxy) is 2. The number of hydrogen-bond donors (Lipinski definition) is 0. The number of rotatable bonds is 3. The minimum atomic E-state index is -0.329. The summed E-state index contributed by atoms with van der Waals surface area (Å²) in [5.41, 5.74) is 1.08. The van der Waals surface area contributed by atoms with Gasteiger partial charge >= 0.3 is 5.97 Å². The van der Waals surface area contributed by atoms with Crippen LogP contribution < -0.4 is 4.74 Å². The summed E-state index contributed by atoms with van der Waals surface area (Å²) in [6.45, 7) is 1.79. The van der Waals surface area contributed by atoms with Gasteiger partial charge in [-0.25, -0.2) is 9.48 Å². The first-order valence-corrected chi connectivity index (χ1v) is 7.15. The maximum atomic E-state index is 12.2. The third-order valence-corrected chi connectivity index (χ3v) is 4.14. The van der Waals surface area contributed by atoms with Crippen LogP contribution in [0.1, 0.15) is 28.9 Å². The van der Waals surface area contributed by atoms with Crippen LogP contribution in [-0.2, 0) is 11.8 Å². The number of carbonyl (C=O) groups is 1. The van der Waals surface area contributed by atoms with Crippen molar-refractivity contribution in [2.24, 2.45) is 7.05 Å². The van der Waals surface area contributed by atoms with Crippen LogP contribution >= 0.6 is 11.8 Å². The van der Waals surface area contributed by atoms with E-state index in [4.69, 9.17) is 9.47 Å². The highest BCUT2D eigenvalue weighted by molar-refractivity contribution is 7.99. The Kier molecular flexibility index (Phi) is 4.16. The third kappa shape index (κ3) is 2.63. The largest absolute Gasteiger partial charge is 0.481 e. The Hall–Kier alpha value is -1.17. The smallest absolute Gasteiger partial charge is 0.345 e. The van der Waals surface area contributed by atoms with Crippen molar-refractivity contribution in [1.82, 2.24) is 9.78 Å². The van der Waals surface area contributed by atoms with Crippen molar-refractivity contribution >= 4 is 17.7 Å². The molecule has 1 aromatic rings. The third-order valence-electron chi connectivity index (χ3n) is 2.96. The fraction of sp³-hybridized carbons (Fsp3) is 0.667. The van der Waals surface area contributed by atoms with E-state index in [2.05, 4.69) is 5.10 Å². The predicted octanol–water partition coefficient (Wildman–Crippen LogP) is 1.79. The van der Waals surface area contributed by atoms with Crippen molar-refractivity contribution in [3.05, 3.63) is 11.3 Å². The molecule has 0 radical (unpaired) electrons. The van der Waals surface area contributed by atoms with Crippen LogP contribution in [0.4, 0.5) is 0 Å². The molecule has 0 N–H and O–H groups in total. The summed E-state index contributed by atoms with van der Waals surface area (Å²) >= 11 is 1.83. The second-order valence-electron chi connectivity index (χ2n) is 4.34. The summed E-state index contributed by atoms with van der Waals surface area (Å²) in [5.74, 6) is 2.17. The fourth-order valence-electron chi connectivity index (χ4n) is 2.12. The molecule has 1 atom stereocenters. The highest BCUT2D eigenvalue weighted by Gasteiger charge is 2.26. The van der Waals surface area contributed by atoms with E-state index in [1.54, 1.807) is 18.7 Å². The molecule has 2 rings (SSSR count). The Balaban J connectivity index is 2.12. The van der Waals surface area contributed by atoms with Gasteiger partial charge in [0.15, 0.2) is 0 Å². The summed E-state index contributed by atoms with van der Waals surface area (Å²) in [5, 5.41) is 4.18. The van der Waals surface area contributed by atoms with E-state index in [-0.39, 0.29) is 12.1 Å². The minimum Gasteiger partial charge on any atom is -0.481 e. The lowest BCUT2D eigenvalue weighted by Crippen LogP contribution is -2.24. The standard InChI is InChI=1S/C12H18N2O3S/c1-8-10(11(16-3)14(2)13-8)12(15)17-9-5-4-6-18-7-9/h9H,4-7H2,1-3H3. The monoisotopic (exact) mass is 270 g/mol. The quantitative estimate of drug-likeness (QED) is 0.784. The van der Waals surface area contributed by atoms with Gasteiger partial charge in [-0.15, -0.1) is 0 Å². The second kappa shape index (κ2) is 5.65. The lowest BCUT2D eigenvalue weighted by atomic mass is 10.2. The van der Waals surface area contributed by atoms with Crippen molar-refractivity contribution < 1.29 is 14.3 Å². The van der Waals surface area contributed by atoms with E-state index < -0.39 is 0 Å². The molecule has 0 aliphatic carbocycles. The molecule has 0 spiro atoms. The van der Waals surface area contributed by atoms with Gasteiger partial charge in [-0.1, -0.05) is 0 Å². The number of hydrogen-bond acceptors (Lipinski definition) is 5. The van der Waals surface area contributed by atoms with Crippen LogP contribution in [0.2, 0.25) is 0 Å². The number of esters is 1. The van der Waals surface area contributed by atoms with Gasteiger partial charge in [0.1, 0.15) is 11.7 Å². The van der Waals surface area contributed by atoms with Crippen LogP contribution in [0.25, 0.3) is 0 Å². The van der Waals surface area contributed by atoms with Gasteiger partial charge < -0.3 is 9.47 Å². The zero-order valence-electron chi connectivity index (χ0n) is 10.9. The Labute approximate surface area is 111 Å². The van der Waals surface area contributed by atoms with Crippen LogP contribution in [0.3, 0.4) is 0 Å². The number of aryl methyl sites for hydroxylation is 2. The molecule has 0 saturated carbocycles. The van der Waals surface area contributed by atoms with Crippen molar-refractivity contribution in [3.63, 3.8) is 0 Å². The molecule has 2 heterocycles. The van der Waals surface area contributed by atoms with E-state index >= 15 is 0 Å². The van der Waals surface area contributed by atoms with Gasteiger partial charge in [0, 0.05) is 12.8 Å². The topological polar surface area (TPSA) is 53.4 Å². The normalized spacial score (nSPS) is 19.6.